The van der Waals surface area contributed by atoms with E-state index in [2.05, 4.69) is 48.0 Å². The van der Waals surface area contributed by atoms with Gasteiger partial charge in [-0.05, 0) is 47.5 Å². The molecule has 1 heterocycles. The number of benzene rings is 1. The normalized spacial score (nSPS) is 10.5. The van der Waals surface area contributed by atoms with Gasteiger partial charge >= 0.3 is 0 Å². The molecule has 0 saturated carbocycles. The minimum absolute atomic E-state index is 0.186. The van der Waals surface area contributed by atoms with Gasteiger partial charge in [0, 0.05) is 6.42 Å². The van der Waals surface area contributed by atoms with Gasteiger partial charge in [-0.2, -0.15) is 0 Å². The van der Waals surface area contributed by atoms with Gasteiger partial charge in [0.2, 0.25) is 0 Å². The maximum Gasteiger partial charge on any atom is 0.177 e. The third kappa shape index (κ3) is 3.27. The fourth-order valence-electron chi connectivity index (χ4n) is 1.91. The number of carbonyl (C=O) groups excluding carboxylic acids is 1. The van der Waals surface area contributed by atoms with Crippen LogP contribution in [0.15, 0.2) is 34.1 Å². The molecular formula is C14H13BrOS. The van der Waals surface area contributed by atoms with E-state index in [0.717, 1.165) is 14.2 Å². The Morgan fingerprint density at radius 2 is 1.82 bits per heavy atom. The smallest absolute Gasteiger partial charge is 0.177 e. The van der Waals surface area contributed by atoms with Gasteiger partial charge < -0.3 is 0 Å². The lowest BCUT2D eigenvalue weighted by atomic mass is 10.0. The average Bonchev–Trinajstić information content (AvgIpc) is 2.63. The highest BCUT2D eigenvalue weighted by atomic mass is 79.9. The SMILES string of the molecule is Cc1cc(C)cc(CC(=O)c2ccc(Br)s2)c1. The van der Waals surface area contributed by atoms with Gasteiger partial charge in [-0.15, -0.1) is 11.3 Å². The molecule has 2 aromatic rings. The van der Waals surface area contributed by atoms with Crippen LogP contribution in [0.5, 0.6) is 0 Å². The molecule has 1 aromatic heterocycles. The summed E-state index contributed by atoms with van der Waals surface area (Å²) in [7, 11) is 0. The number of hydrogen-bond donors (Lipinski definition) is 0. The van der Waals surface area contributed by atoms with Crippen LogP contribution in [-0.4, -0.2) is 5.78 Å². The van der Waals surface area contributed by atoms with E-state index in [0.29, 0.717) is 6.42 Å². The number of aryl methyl sites for hydroxylation is 2. The van der Waals surface area contributed by atoms with Crippen molar-refractivity contribution in [2.24, 2.45) is 0 Å². The molecule has 0 unspecified atom stereocenters. The van der Waals surface area contributed by atoms with E-state index in [-0.39, 0.29) is 5.78 Å². The molecule has 0 N–H and O–H groups in total. The minimum atomic E-state index is 0.186. The summed E-state index contributed by atoms with van der Waals surface area (Å²) in [6.07, 6.45) is 0.482. The Morgan fingerprint density at radius 3 is 2.35 bits per heavy atom. The molecule has 0 radical (unpaired) electrons. The van der Waals surface area contributed by atoms with Gasteiger partial charge in [0.25, 0.3) is 0 Å². The van der Waals surface area contributed by atoms with Crippen LogP contribution in [-0.2, 0) is 6.42 Å². The zero-order valence-corrected chi connectivity index (χ0v) is 12.2. The van der Waals surface area contributed by atoms with Crippen LogP contribution in [0.2, 0.25) is 0 Å². The third-order valence-electron chi connectivity index (χ3n) is 2.49. The summed E-state index contributed by atoms with van der Waals surface area (Å²) < 4.78 is 1.00. The molecule has 0 spiro atoms. The molecule has 0 aliphatic rings. The van der Waals surface area contributed by atoms with Crippen molar-refractivity contribution in [3.8, 4) is 0 Å². The Bertz CT molecular complexity index is 537. The molecule has 3 heteroatoms. The maximum atomic E-state index is 12.0. The van der Waals surface area contributed by atoms with E-state index in [1.54, 1.807) is 0 Å². The van der Waals surface area contributed by atoms with E-state index in [9.17, 15) is 4.79 Å². The molecule has 0 saturated heterocycles. The first kappa shape index (κ1) is 12.5. The van der Waals surface area contributed by atoms with Gasteiger partial charge in [-0.1, -0.05) is 29.3 Å². The van der Waals surface area contributed by atoms with E-state index in [1.165, 1.54) is 22.5 Å². The van der Waals surface area contributed by atoms with Gasteiger partial charge in [0.15, 0.2) is 5.78 Å². The van der Waals surface area contributed by atoms with Gasteiger partial charge in [-0.25, -0.2) is 0 Å². The Hall–Kier alpha value is -0.930. The molecule has 2 rings (SSSR count). The largest absolute Gasteiger partial charge is 0.293 e. The fourth-order valence-corrected chi connectivity index (χ4v) is 3.23. The zero-order valence-electron chi connectivity index (χ0n) is 9.79. The van der Waals surface area contributed by atoms with Crippen molar-refractivity contribution in [3.05, 3.63) is 55.7 Å². The van der Waals surface area contributed by atoms with Crippen molar-refractivity contribution >= 4 is 33.0 Å². The van der Waals surface area contributed by atoms with Crippen LogP contribution in [0.4, 0.5) is 0 Å². The van der Waals surface area contributed by atoms with Crippen molar-refractivity contribution in [2.75, 3.05) is 0 Å². The third-order valence-corrected chi connectivity index (χ3v) is 4.16. The molecule has 0 aliphatic carbocycles. The standard InChI is InChI=1S/C14H13BrOS/c1-9-5-10(2)7-11(6-9)8-12(16)13-3-4-14(15)17-13/h3-7H,8H2,1-2H3. The summed E-state index contributed by atoms with van der Waals surface area (Å²) in [6, 6.07) is 10.1. The number of thiophene rings is 1. The summed E-state index contributed by atoms with van der Waals surface area (Å²) in [4.78, 5) is 12.9. The lowest BCUT2D eigenvalue weighted by Crippen LogP contribution is -2.01. The molecular weight excluding hydrogens is 296 g/mol. The van der Waals surface area contributed by atoms with Crippen LogP contribution in [0, 0.1) is 13.8 Å². The van der Waals surface area contributed by atoms with Crippen LogP contribution in [0.25, 0.3) is 0 Å². The van der Waals surface area contributed by atoms with E-state index >= 15 is 0 Å². The number of Topliss-reactive ketones (excluding diaryl/α,β-unsaturated/α-hetero) is 1. The molecule has 0 atom stereocenters. The number of hydrogen-bond acceptors (Lipinski definition) is 2. The van der Waals surface area contributed by atoms with Crippen molar-refractivity contribution in [1.29, 1.82) is 0 Å². The van der Waals surface area contributed by atoms with Gasteiger partial charge in [0.05, 0.1) is 8.66 Å². The highest BCUT2D eigenvalue weighted by molar-refractivity contribution is 9.11. The Kier molecular flexibility index (Phi) is 3.79. The predicted molar refractivity (Wildman–Crippen MR) is 76.0 cm³/mol. The lowest BCUT2D eigenvalue weighted by molar-refractivity contribution is 0.0997. The molecule has 0 bridgehead atoms. The summed E-state index contributed by atoms with van der Waals surface area (Å²) >= 11 is 4.87. The number of halogens is 1. The Balaban J connectivity index is 2.18. The number of carbonyl (C=O) groups is 1. The lowest BCUT2D eigenvalue weighted by Gasteiger charge is -2.03. The minimum Gasteiger partial charge on any atom is -0.293 e. The van der Waals surface area contributed by atoms with Crippen molar-refractivity contribution < 1.29 is 4.79 Å². The van der Waals surface area contributed by atoms with Crippen molar-refractivity contribution in [1.82, 2.24) is 0 Å². The summed E-state index contributed by atoms with van der Waals surface area (Å²) in [5, 5.41) is 0. The summed E-state index contributed by atoms with van der Waals surface area (Å²) in [6.45, 7) is 4.12. The van der Waals surface area contributed by atoms with Gasteiger partial charge in [0.1, 0.15) is 0 Å². The first-order chi connectivity index (χ1) is 8.04. The molecule has 0 fully saturated rings. The molecule has 0 aliphatic heterocycles. The maximum absolute atomic E-state index is 12.0. The molecule has 17 heavy (non-hydrogen) atoms. The van der Waals surface area contributed by atoms with E-state index in [1.807, 2.05) is 12.1 Å². The Morgan fingerprint density at radius 1 is 1.18 bits per heavy atom. The summed E-state index contributed by atoms with van der Waals surface area (Å²) in [5.41, 5.74) is 3.51. The average molecular weight is 309 g/mol. The predicted octanol–water partition coefficient (Wildman–Crippen LogP) is 4.55. The van der Waals surface area contributed by atoms with Crippen molar-refractivity contribution in [3.63, 3.8) is 0 Å². The van der Waals surface area contributed by atoms with Gasteiger partial charge in [-0.3, -0.25) is 4.79 Å². The second-order valence-electron chi connectivity index (χ2n) is 4.20. The number of ketones is 1. The topological polar surface area (TPSA) is 17.1 Å². The summed E-state index contributed by atoms with van der Waals surface area (Å²) in [5.74, 6) is 0.186. The Labute approximate surface area is 114 Å². The fraction of sp³-hybridized carbons (Fsp3) is 0.214. The molecule has 0 amide bonds. The molecule has 1 aromatic carbocycles. The van der Waals surface area contributed by atoms with Crippen LogP contribution in [0.3, 0.4) is 0 Å². The second-order valence-corrected chi connectivity index (χ2v) is 6.66. The van der Waals surface area contributed by atoms with Crippen LogP contribution < -0.4 is 0 Å². The van der Waals surface area contributed by atoms with E-state index < -0.39 is 0 Å². The monoisotopic (exact) mass is 308 g/mol. The first-order valence-electron chi connectivity index (χ1n) is 5.40. The second kappa shape index (κ2) is 5.15. The first-order valence-corrected chi connectivity index (χ1v) is 7.01. The van der Waals surface area contributed by atoms with Crippen LogP contribution in [0.1, 0.15) is 26.4 Å². The number of rotatable bonds is 3. The zero-order chi connectivity index (χ0) is 12.4. The quantitative estimate of drug-likeness (QED) is 0.760. The van der Waals surface area contributed by atoms with E-state index in [4.69, 9.17) is 0 Å². The van der Waals surface area contributed by atoms with Crippen LogP contribution >= 0.6 is 27.3 Å². The highest BCUT2D eigenvalue weighted by Gasteiger charge is 2.10. The molecule has 88 valence electrons. The van der Waals surface area contributed by atoms with Crippen molar-refractivity contribution in [2.45, 2.75) is 20.3 Å². The molecule has 1 nitrogen and oxygen atoms in total. The highest BCUT2D eigenvalue weighted by Crippen LogP contribution is 2.23.